The Balaban J connectivity index is 1.62. The summed E-state index contributed by atoms with van der Waals surface area (Å²) in [6.45, 7) is 0.608. The molecule has 7 heteroatoms. The lowest BCUT2D eigenvalue weighted by molar-refractivity contribution is -0.152. The molecule has 1 heterocycles. The normalized spacial score (nSPS) is 14.5. The molecule has 1 aromatic carbocycles. The maximum Gasteiger partial charge on any atom is 0.326 e. The average Bonchev–Trinajstić information content (AvgIpc) is 2.85. The van der Waals surface area contributed by atoms with Crippen molar-refractivity contribution in [3.63, 3.8) is 0 Å². The van der Waals surface area contributed by atoms with Crippen molar-refractivity contribution >= 4 is 17.8 Å². The van der Waals surface area contributed by atoms with Gasteiger partial charge in [-0.1, -0.05) is 18.6 Å². The summed E-state index contributed by atoms with van der Waals surface area (Å²) in [5.74, 6) is -0.143. The van der Waals surface area contributed by atoms with Gasteiger partial charge < -0.3 is 19.7 Å². The van der Waals surface area contributed by atoms with Crippen LogP contribution < -0.4 is 10.1 Å². The van der Waals surface area contributed by atoms with Crippen LogP contribution >= 0.6 is 0 Å². The van der Waals surface area contributed by atoms with Crippen LogP contribution in [0.3, 0.4) is 0 Å². The minimum Gasteiger partial charge on any atom is -0.497 e. The number of esters is 1. The van der Waals surface area contributed by atoms with E-state index < -0.39 is 5.97 Å². The highest BCUT2D eigenvalue weighted by Crippen LogP contribution is 2.12. The number of carbonyl (C=O) groups is 3. The first-order valence-electron chi connectivity index (χ1n) is 8.91. The van der Waals surface area contributed by atoms with Gasteiger partial charge in [-0.15, -0.1) is 0 Å². The molecule has 1 fully saturated rings. The zero-order chi connectivity index (χ0) is 18.8. The van der Waals surface area contributed by atoms with Gasteiger partial charge in [-0.05, 0) is 37.0 Å². The summed E-state index contributed by atoms with van der Waals surface area (Å²) >= 11 is 0. The maximum absolute atomic E-state index is 11.8. The fraction of sp³-hybridized carbons (Fsp3) is 0.526. The van der Waals surface area contributed by atoms with E-state index >= 15 is 0 Å². The molecule has 2 rings (SSSR count). The van der Waals surface area contributed by atoms with Crippen molar-refractivity contribution in [3.05, 3.63) is 29.8 Å². The lowest BCUT2D eigenvalue weighted by Gasteiger charge is -2.19. The zero-order valence-electron chi connectivity index (χ0n) is 15.2. The summed E-state index contributed by atoms with van der Waals surface area (Å²) in [6, 6.07) is 7.60. The van der Waals surface area contributed by atoms with E-state index in [0.29, 0.717) is 25.9 Å². The summed E-state index contributed by atoms with van der Waals surface area (Å²) in [5.41, 5.74) is 1.07. The Labute approximate surface area is 153 Å². The smallest absolute Gasteiger partial charge is 0.326 e. The third-order valence-corrected chi connectivity index (χ3v) is 4.25. The molecule has 2 amide bonds. The molecule has 1 aromatic rings. The Morgan fingerprint density at radius 3 is 2.65 bits per heavy atom. The number of nitrogens with zero attached hydrogens (tertiary/aromatic N) is 1. The summed E-state index contributed by atoms with van der Waals surface area (Å²) in [4.78, 5) is 36.9. The third-order valence-electron chi connectivity index (χ3n) is 4.25. The lowest BCUT2D eigenvalue weighted by Crippen LogP contribution is -2.37. The first-order valence-corrected chi connectivity index (χ1v) is 8.91. The number of ether oxygens (including phenoxy) is 2. The Morgan fingerprint density at radius 2 is 1.92 bits per heavy atom. The van der Waals surface area contributed by atoms with E-state index in [0.717, 1.165) is 30.6 Å². The molecule has 0 aliphatic carbocycles. The number of hydrogen-bond acceptors (Lipinski definition) is 5. The molecular weight excluding hydrogens is 336 g/mol. The van der Waals surface area contributed by atoms with Gasteiger partial charge in [0, 0.05) is 19.5 Å². The number of carbonyl (C=O) groups excluding carboxylic acids is 3. The predicted octanol–water partition coefficient (Wildman–Crippen LogP) is 1.30. The molecule has 0 spiro atoms. The average molecular weight is 362 g/mol. The Hall–Kier alpha value is -2.57. The molecule has 142 valence electrons. The second-order valence-electron chi connectivity index (χ2n) is 6.23. The fourth-order valence-electron chi connectivity index (χ4n) is 2.74. The van der Waals surface area contributed by atoms with E-state index in [2.05, 4.69) is 5.32 Å². The minimum absolute atomic E-state index is 0.0246. The molecule has 0 bridgehead atoms. The standard InChI is InChI=1S/C19H26N2O5/c1-25-16-8-6-15(7-9-16)10-11-20-17(22)14-26-19(24)13-21-12-4-2-3-5-18(21)23/h6-9H,2-5,10-14H2,1H3,(H,20,22). The van der Waals surface area contributed by atoms with Crippen molar-refractivity contribution in [3.8, 4) is 5.75 Å². The summed E-state index contributed by atoms with van der Waals surface area (Å²) in [5, 5.41) is 2.71. The topological polar surface area (TPSA) is 84.9 Å². The largest absolute Gasteiger partial charge is 0.497 e. The van der Waals surface area contributed by atoms with Gasteiger partial charge in [-0.25, -0.2) is 0 Å². The van der Waals surface area contributed by atoms with E-state index in [4.69, 9.17) is 9.47 Å². The predicted molar refractivity (Wildman–Crippen MR) is 95.7 cm³/mol. The van der Waals surface area contributed by atoms with Crippen LogP contribution in [0.2, 0.25) is 0 Å². The molecule has 0 unspecified atom stereocenters. The molecule has 1 N–H and O–H groups in total. The van der Waals surface area contributed by atoms with Crippen LogP contribution in [-0.2, 0) is 25.5 Å². The van der Waals surface area contributed by atoms with Gasteiger partial charge in [0.15, 0.2) is 6.61 Å². The molecule has 0 aromatic heterocycles. The number of benzene rings is 1. The van der Waals surface area contributed by atoms with Crippen LogP contribution in [0.5, 0.6) is 5.75 Å². The van der Waals surface area contributed by atoms with Crippen molar-refractivity contribution in [1.29, 1.82) is 0 Å². The second kappa shape index (κ2) is 10.4. The van der Waals surface area contributed by atoms with Crippen LogP contribution in [0.1, 0.15) is 31.2 Å². The van der Waals surface area contributed by atoms with Gasteiger partial charge in [0.25, 0.3) is 5.91 Å². The van der Waals surface area contributed by atoms with Crippen molar-refractivity contribution in [2.24, 2.45) is 0 Å². The summed E-state index contributed by atoms with van der Waals surface area (Å²) < 4.78 is 10.1. The van der Waals surface area contributed by atoms with E-state index in [1.54, 1.807) is 7.11 Å². The van der Waals surface area contributed by atoms with E-state index in [-0.39, 0.29) is 25.0 Å². The number of amides is 2. The van der Waals surface area contributed by atoms with Crippen molar-refractivity contribution in [2.45, 2.75) is 32.1 Å². The molecule has 1 aliphatic rings. The van der Waals surface area contributed by atoms with Gasteiger partial charge in [0.05, 0.1) is 7.11 Å². The lowest BCUT2D eigenvalue weighted by atomic mass is 10.1. The molecule has 0 radical (unpaired) electrons. The number of methoxy groups -OCH3 is 1. The van der Waals surface area contributed by atoms with Gasteiger partial charge in [-0.3, -0.25) is 14.4 Å². The highest BCUT2D eigenvalue weighted by molar-refractivity contribution is 5.84. The highest BCUT2D eigenvalue weighted by Gasteiger charge is 2.20. The van der Waals surface area contributed by atoms with Crippen molar-refractivity contribution < 1.29 is 23.9 Å². The molecule has 0 atom stereocenters. The van der Waals surface area contributed by atoms with E-state index in [9.17, 15) is 14.4 Å². The summed E-state index contributed by atoms with van der Waals surface area (Å²) in [7, 11) is 1.61. The maximum atomic E-state index is 11.8. The first kappa shape index (κ1) is 19.8. The number of rotatable bonds is 8. The Morgan fingerprint density at radius 1 is 1.15 bits per heavy atom. The number of nitrogens with one attached hydrogen (secondary N) is 1. The zero-order valence-corrected chi connectivity index (χ0v) is 15.2. The molecule has 1 aliphatic heterocycles. The fourth-order valence-corrected chi connectivity index (χ4v) is 2.74. The van der Waals surface area contributed by atoms with Gasteiger partial charge in [-0.2, -0.15) is 0 Å². The monoisotopic (exact) mass is 362 g/mol. The van der Waals surface area contributed by atoms with Crippen LogP contribution in [0, 0.1) is 0 Å². The van der Waals surface area contributed by atoms with Crippen molar-refractivity contribution in [1.82, 2.24) is 10.2 Å². The Bertz CT molecular complexity index is 615. The van der Waals surface area contributed by atoms with Crippen LogP contribution in [0.4, 0.5) is 0 Å². The number of hydrogen-bond donors (Lipinski definition) is 1. The Kier molecular flexibility index (Phi) is 7.92. The second-order valence-corrected chi connectivity index (χ2v) is 6.23. The van der Waals surface area contributed by atoms with Crippen LogP contribution in [0.15, 0.2) is 24.3 Å². The summed E-state index contributed by atoms with van der Waals surface area (Å²) in [6.07, 6.45) is 3.89. The van der Waals surface area contributed by atoms with E-state index in [1.165, 1.54) is 4.90 Å². The first-order chi connectivity index (χ1) is 12.6. The van der Waals surface area contributed by atoms with Gasteiger partial charge in [0.1, 0.15) is 12.3 Å². The SMILES string of the molecule is COc1ccc(CCNC(=O)COC(=O)CN2CCCCCC2=O)cc1. The van der Waals surface area contributed by atoms with Crippen LogP contribution in [-0.4, -0.2) is 56.0 Å². The molecule has 26 heavy (non-hydrogen) atoms. The minimum atomic E-state index is -0.550. The van der Waals surface area contributed by atoms with Crippen molar-refractivity contribution in [2.75, 3.05) is 33.4 Å². The molecular formula is C19H26N2O5. The molecule has 7 nitrogen and oxygen atoms in total. The van der Waals surface area contributed by atoms with Gasteiger partial charge in [0.2, 0.25) is 5.91 Å². The molecule has 0 saturated carbocycles. The van der Waals surface area contributed by atoms with Crippen LogP contribution in [0.25, 0.3) is 0 Å². The highest BCUT2D eigenvalue weighted by atomic mass is 16.5. The quantitative estimate of drug-likeness (QED) is 0.705. The molecule has 1 saturated heterocycles. The van der Waals surface area contributed by atoms with E-state index in [1.807, 2.05) is 24.3 Å². The van der Waals surface area contributed by atoms with Gasteiger partial charge >= 0.3 is 5.97 Å². The third kappa shape index (κ3) is 6.74. The number of likely N-dealkylation sites (tertiary alicyclic amines) is 1.